The lowest BCUT2D eigenvalue weighted by Gasteiger charge is -2.22. The molecule has 1 rings (SSSR count). The quantitative estimate of drug-likeness (QED) is 0.800. The Hall–Kier alpha value is -0.860. The van der Waals surface area contributed by atoms with E-state index < -0.39 is 0 Å². The fraction of sp³-hybridized carbons (Fsp3) is 0.571. The normalized spacial score (nSPS) is 14.8. The molecule has 0 heterocycles. The zero-order chi connectivity index (χ0) is 12.0. The van der Waals surface area contributed by atoms with Crippen LogP contribution in [0.1, 0.15) is 18.1 Å². The third kappa shape index (κ3) is 3.62. The maximum atomic E-state index is 5.85. The molecule has 2 N–H and O–H groups in total. The molecule has 0 saturated heterocycles. The van der Waals surface area contributed by atoms with Gasteiger partial charge in [-0.15, -0.1) is 0 Å². The fourth-order valence-corrected chi connectivity index (χ4v) is 2.04. The molecule has 16 heavy (non-hydrogen) atoms. The first-order chi connectivity index (χ1) is 7.69. The molecule has 0 amide bonds. The second-order valence-corrected chi connectivity index (χ2v) is 4.56. The van der Waals surface area contributed by atoms with E-state index in [1.807, 2.05) is 0 Å². The highest BCUT2D eigenvalue weighted by atomic mass is 16.5. The van der Waals surface area contributed by atoms with E-state index in [-0.39, 0.29) is 0 Å². The number of rotatable bonds is 6. The molecule has 0 aliphatic rings. The number of aryl methyl sites for hydroxylation is 1. The summed E-state index contributed by atoms with van der Waals surface area (Å²) in [5.41, 5.74) is 8.60. The van der Waals surface area contributed by atoms with Crippen molar-refractivity contribution in [2.24, 2.45) is 17.6 Å². The van der Waals surface area contributed by atoms with E-state index >= 15 is 0 Å². The Morgan fingerprint density at radius 1 is 1.31 bits per heavy atom. The van der Waals surface area contributed by atoms with Gasteiger partial charge in [0.05, 0.1) is 0 Å². The second kappa shape index (κ2) is 6.66. The van der Waals surface area contributed by atoms with Gasteiger partial charge in [-0.1, -0.05) is 31.2 Å². The van der Waals surface area contributed by atoms with Crippen molar-refractivity contribution in [1.29, 1.82) is 0 Å². The summed E-state index contributed by atoms with van der Waals surface area (Å²) in [5, 5.41) is 0. The van der Waals surface area contributed by atoms with E-state index in [9.17, 15) is 0 Å². The van der Waals surface area contributed by atoms with Crippen LogP contribution in [0, 0.1) is 18.8 Å². The van der Waals surface area contributed by atoms with Crippen LogP contribution >= 0.6 is 0 Å². The maximum absolute atomic E-state index is 5.85. The Labute approximate surface area is 98.8 Å². The third-order valence-corrected chi connectivity index (χ3v) is 3.28. The summed E-state index contributed by atoms with van der Waals surface area (Å²) in [4.78, 5) is 0. The molecule has 1 aromatic rings. The van der Waals surface area contributed by atoms with Gasteiger partial charge in [-0.05, 0) is 42.9 Å². The number of ether oxygens (including phenoxy) is 1. The lowest BCUT2D eigenvalue weighted by Crippen LogP contribution is -2.26. The SMILES string of the molecule is COCC(C)C(CN)Cc1ccccc1C. The Morgan fingerprint density at radius 3 is 2.56 bits per heavy atom. The van der Waals surface area contributed by atoms with Crippen LogP contribution in [0.5, 0.6) is 0 Å². The van der Waals surface area contributed by atoms with Gasteiger partial charge in [0.25, 0.3) is 0 Å². The minimum absolute atomic E-state index is 0.501. The summed E-state index contributed by atoms with van der Waals surface area (Å²) in [6.07, 6.45) is 1.05. The molecule has 2 heteroatoms. The monoisotopic (exact) mass is 221 g/mol. The topological polar surface area (TPSA) is 35.2 Å². The zero-order valence-corrected chi connectivity index (χ0v) is 10.6. The van der Waals surface area contributed by atoms with Gasteiger partial charge >= 0.3 is 0 Å². The van der Waals surface area contributed by atoms with Gasteiger partial charge in [-0.3, -0.25) is 0 Å². The number of hydrogen-bond donors (Lipinski definition) is 1. The average molecular weight is 221 g/mol. The molecule has 0 radical (unpaired) electrons. The van der Waals surface area contributed by atoms with E-state index in [0.29, 0.717) is 11.8 Å². The number of hydrogen-bond acceptors (Lipinski definition) is 2. The Kier molecular flexibility index (Phi) is 5.50. The highest BCUT2D eigenvalue weighted by Crippen LogP contribution is 2.19. The molecule has 2 unspecified atom stereocenters. The van der Waals surface area contributed by atoms with Crippen molar-refractivity contribution in [1.82, 2.24) is 0 Å². The molecule has 0 aliphatic heterocycles. The van der Waals surface area contributed by atoms with Gasteiger partial charge in [0.2, 0.25) is 0 Å². The smallest absolute Gasteiger partial charge is 0.0491 e. The number of nitrogens with two attached hydrogens (primary N) is 1. The predicted molar refractivity (Wildman–Crippen MR) is 68.5 cm³/mol. The van der Waals surface area contributed by atoms with Gasteiger partial charge in [0, 0.05) is 13.7 Å². The van der Waals surface area contributed by atoms with Crippen LogP contribution in [-0.4, -0.2) is 20.3 Å². The van der Waals surface area contributed by atoms with Crippen molar-refractivity contribution in [2.75, 3.05) is 20.3 Å². The van der Waals surface area contributed by atoms with Crippen molar-refractivity contribution >= 4 is 0 Å². The van der Waals surface area contributed by atoms with E-state index in [4.69, 9.17) is 10.5 Å². The molecule has 0 fully saturated rings. The van der Waals surface area contributed by atoms with Crippen LogP contribution < -0.4 is 5.73 Å². The fourth-order valence-electron chi connectivity index (χ4n) is 2.04. The minimum atomic E-state index is 0.501. The van der Waals surface area contributed by atoms with Gasteiger partial charge in [0.1, 0.15) is 0 Å². The number of methoxy groups -OCH3 is 1. The van der Waals surface area contributed by atoms with Crippen LogP contribution in [-0.2, 0) is 11.2 Å². The molecule has 2 nitrogen and oxygen atoms in total. The predicted octanol–water partition coefficient (Wildman–Crippen LogP) is 2.39. The summed E-state index contributed by atoms with van der Waals surface area (Å²) in [5.74, 6) is 1.01. The van der Waals surface area contributed by atoms with E-state index in [0.717, 1.165) is 19.6 Å². The highest BCUT2D eigenvalue weighted by Gasteiger charge is 2.16. The van der Waals surface area contributed by atoms with Crippen molar-refractivity contribution in [3.63, 3.8) is 0 Å². The maximum Gasteiger partial charge on any atom is 0.0491 e. The van der Waals surface area contributed by atoms with Gasteiger partial charge in [0.15, 0.2) is 0 Å². The summed E-state index contributed by atoms with van der Waals surface area (Å²) in [6, 6.07) is 8.52. The molecule has 2 atom stereocenters. The third-order valence-electron chi connectivity index (χ3n) is 3.28. The summed E-state index contributed by atoms with van der Waals surface area (Å²) in [6.45, 7) is 5.87. The second-order valence-electron chi connectivity index (χ2n) is 4.56. The largest absolute Gasteiger partial charge is 0.384 e. The Morgan fingerprint density at radius 2 is 2.00 bits per heavy atom. The highest BCUT2D eigenvalue weighted by molar-refractivity contribution is 5.26. The Bertz CT molecular complexity index is 311. The average Bonchev–Trinajstić information content (AvgIpc) is 2.28. The first kappa shape index (κ1) is 13.2. The zero-order valence-electron chi connectivity index (χ0n) is 10.6. The van der Waals surface area contributed by atoms with Crippen LogP contribution in [0.15, 0.2) is 24.3 Å². The Balaban J connectivity index is 2.66. The van der Waals surface area contributed by atoms with E-state index in [1.54, 1.807) is 7.11 Å². The molecule has 0 saturated carbocycles. The molecule has 90 valence electrons. The number of benzene rings is 1. The lowest BCUT2D eigenvalue weighted by molar-refractivity contribution is 0.131. The standard InChI is InChI=1S/C14H23NO/c1-11-6-4-5-7-13(11)8-14(9-15)12(2)10-16-3/h4-7,12,14H,8-10,15H2,1-3H3. The van der Waals surface area contributed by atoms with Gasteiger partial charge < -0.3 is 10.5 Å². The first-order valence-electron chi connectivity index (χ1n) is 5.92. The van der Waals surface area contributed by atoms with Crippen molar-refractivity contribution in [3.05, 3.63) is 35.4 Å². The van der Waals surface area contributed by atoms with Crippen LogP contribution in [0.25, 0.3) is 0 Å². The van der Waals surface area contributed by atoms with Crippen LogP contribution in [0.3, 0.4) is 0 Å². The van der Waals surface area contributed by atoms with Crippen molar-refractivity contribution in [3.8, 4) is 0 Å². The van der Waals surface area contributed by atoms with Crippen molar-refractivity contribution < 1.29 is 4.74 Å². The van der Waals surface area contributed by atoms with Gasteiger partial charge in [-0.2, -0.15) is 0 Å². The molecule has 0 spiro atoms. The van der Waals surface area contributed by atoms with Gasteiger partial charge in [-0.25, -0.2) is 0 Å². The van der Waals surface area contributed by atoms with Crippen molar-refractivity contribution in [2.45, 2.75) is 20.3 Å². The molecule has 0 aliphatic carbocycles. The molecular formula is C14H23NO. The van der Waals surface area contributed by atoms with Crippen LogP contribution in [0.2, 0.25) is 0 Å². The van der Waals surface area contributed by atoms with Crippen LogP contribution in [0.4, 0.5) is 0 Å². The molecular weight excluding hydrogens is 198 g/mol. The molecule has 0 bridgehead atoms. The molecule has 1 aromatic carbocycles. The van der Waals surface area contributed by atoms with E-state index in [2.05, 4.69) is 38.1 Å². The lowest BCUT2D eigenvalue weighted by atomic mass is 9.87. The molecule has 0 aromatic heterocycles. The minimum Gasteiger partial charge on any atom is -0.384 e. The first-order valence-corrected chi connectivity index (χ1v) is 5.92. The summed E-state index contributed by atoms with van der Waals surface area (Å²) < 4.78 is 5.20. The summed E-state index contributed by atoms with van der Waals surface area (Å²) in [7, 11) is 1.75. The van der Waals surface area contributed by atoms with E-state index in [1.165, 1.54) is 11.1 Å². The summed E-state index contributed by atoms with van der Waals surface area (Å²) >= 11 is 0.